The summed E-state index contributed by atoms with van der Waals surface area (Å²) in [5, 5.41) is 17.1. The van der Waals surface area contributed by atoms with Crippen molar-refractivity contribution in [3.8, 4) is 16.9 Å². The van der Waals surface area contributed by atoms with Gasteiger partial charge in [-0.2, -0.15) is 5.10 Å². The monoisotopic (exact) mass is 590 g/mol. The molecule has 0 saturated carbocycles. The molecule has 2 fully saturated rings. The summed E-state index contributed by atoms with van der Waals surface area (Å²) < 4.78 is 57.9. The van der Waals surface area contributed by atoms with Gasteiger partial charge < -0.3 is 4.90 Å². The molecule has 0 aliphatic carbocycles. The molecule has 5 heterocycles. The molecule has 43 heavy (non-hydrogen) atoms. The van der Waals surface area contributed by atoms with Crippen LogP contribution in [0.2, 0.25) is 0 Å². The molecule has 0 bridgehead atoms. The molecule has 2 atom stereocenters. The van der Waals surface area contributed by atoms with E-state index in [1.807, 2.05) is 30.3 Å². The van der Waals surface area contributed by atoms with Crippen LogP contribution in [0.1, 0.15) is 30.0 Å². The molecule has 2 saturated heterocycles. The van der Waals surface area contributed by atoms with Gasteiger partial charge in [0.2, 0.25) is 5.91 Å². The first-order chi connectivity index (χ1) is 20.8. The van der Waals surface area contributed by atoms with E-state index >= 15 is 0 Å². The Balaban J connectivity index is 1.15. The number of carbonyl (C=O) groups excluding carboxylic acids is 1. The fourth-order valence-electron chi connectivity index (χ4n) is 5.97. The smallest absolute Gasteiger partial charge is 0.282 e. The number of halogens is 4. The molecule has 1 N–H and O–H groups in total. The second-order valence-electron chi connectivity index (χ2n) is 11.1. The number of pyridine rings is 1. The number of nitrogens with zero attached hydrogens (tertiary/aromatic N) is 7. The van der Waals surface area contributed by atoms with Crippen LogP contribution >= 0.6 is 0 Å². The number of benzene rings is 2. The maximum absolute atomic E-state index is 14.6. The molecule has 3 aromatic heterocycles. The second-order valence-corrected chi connectivity index (χ2v) is 11.1. The van der Waals surface area contributed by atoms with E-state index in [1.54, 1.807) is 28.2 Å². The van der Waals surface area contributed by atoms with Crippen molar-refractivity contribution in [2.24, 2.45) is 0 Å². The average Bonchev–Trinajstić information content (AvgIpc) is 3.65. The quantitative estimate of drug-likeness (QED) is 0.288. The van der Waals surface area contributed by atoms with Gasteiger partial charge in [0.05, 0.1) is 42.2 Å². The van der Waals surface area contributed by atoms with Crippen molar-refractivity contribution in [3.63, 3.8) is 0 Å². The van der Waals surface area contributed by atoms with Crippen LogP contribution < -0.4 is 0 Å². The van der Waals surface area contributed by atoms with Gasteiger partial charge in [-0.25, -0.2) is 22.2 Å². The van der Waals surface area contributed by atoms with E-state index in [0.29, 0.717) is 18.5 Å². The van der Waals surface area contributed by atoms with Crippen molar-refractivity contribution in [1.29, 1.82) is 0 Å². The first-order valence-corrected chi connectivity index (χ1v) is 13.9. The van der Waals surface area contributed by atoms with Gasteiger partial charge >= 0.3 is 0 Å². The highest BCUT2D eigenvalue weighted by molar-refractivity contribution is 5.94. The number of carbonyl (C=O) groups is 1. The Morgan fingerprint density at radius 1 is 1.02 bits per heavy atom. The number of fused-ring (bicyclic) bond motifs is 1. The predicted molar refractivity (Wildman–Crippen MR) is 148 cm³/mol. The number of rotatable bonds is 6. The SMILES string of the molecule is O=C([C@@H]1CC[C@@H](c2cn(-c3ccc4[nH]nc(-c5ccncc5)c4c3)nn2)CN1Cc1c(F)cccc1F)N1CC(F)(F)C1. The zero-order chi connectivity index (χ0) is 29.7. The highest BCUT2D eigenvalue weighted by atomic mass is 19.3. The van der Waals surface area contributed by atoms with Crippen molar-refractivity contribution in [3.05, 3.63) is 90.0 Å². The molecule has 1 amide bonds. The van der Waals surface area contributed by atoms with Crippen LogP contribution in [-0.4, -0.2) is 77.5 Å². The Morgan fingerprint density at radius 2 is 1.79 bits per heavy atom. The lowest BCUT2D eigenvalue weighted by Crippen LogP contribution is -2.63. The molecule has 7 rings (SSSR count). The minimum Gasteiger partial charge on any atom is -0.329 e. The van der Waals surface area contributed by atoms with Gasteiger partial charge in [0, 0.05) is 47.9 Å². The number of alkyl halides is 2. The van der Waals surface area contributed by atoms with Crippen LogP contribution in [-0.2, 0) is 11.3 Å². The Morgan fingerprint density at radius 3 is 2.53 bits per heavy atom. The number of hydrogen-bond acceptors (Lipinski definition) is 6. The van der Waals surface area contributed by atoms with E-state index in [0.717, 1.165) is 44.9 Å². The lowest BCUT2D eigenvalue weighted by atomic mass is 9.89. The molecule has 0 unspecified atom stereocenters. The number of piperidine rings is 1. The number of nitrogens with one attached hydrogen (secondary N) is 1. The number of amides is 1. The molecular formula is C30H26F4N8O. The zero-order valence-electron chi connectivity index (χ0n) is 22.8. The number of H-pyrrole nitrogens is 1. The van der Waals surface area contributed by atoms with Crippen molar-refractivity contribution < 1.29 is 22.4 Å². The van der Waals surface area contributed by atoms with Crippen molar-refractivity contribution >= 4 is 16.8 Å². The third-order valence-electron chi connectivity index (χ3n) is 8.24. The summed E-state index contributed by atoms with van der Waals surface area (Å²) in [7, 11) is 0. The van der Waals surface area contributed by atoms with Crippen LogP contribution in [0.25, 0.3) is 27.8 Å². The fourth-order valence-corrected chi connectivity index (χ4v) is 5.97. The summed E-state index contributed by atoms with van der Waals surface area (Å²) in [5.41, 5.74) is 3.79. The lowest BCUT2D eigenvalue weighted by Gasteiger charge is -2.45. The van der Waals surface area contributed by atoms with Crippen LogP contribution in [0.15, 0.2) is 67.1 Å². The summed E-state index contributed by atoms with van der Waals surface area (Å²) in [6, 6.07) is 12.3. The molecule has 220 valence electrons. The van der Waals surface area contributed by atoms with E-state index in [4.69, 9.17) is 0 Å². The maximum atomic E-state index is 14.6. The van der Waals surface area contributed by atoms with Gasteiger partial charge in [0.1, 0.15) is 17.3 Å². The molecule has 2 aliphatic heterocycles. The second kappa shape index (κ2) is 10.6. The molecule has 0 radical (unpaired) electrons. The largest absolute Gasteiger partial charge is 0.329 e. The summed E-state index contributed by atoms with van der Waals surface area (Å²) >= 11 is 0. The minimum absolute atomic E-state index is 0.169. The number of hydrogen-bond donors (Lipinski definition) is 1. The summed E-state index contributed by atoms with van der Waals surface area (Å²) in [6.45, 7) is -1.23. The van der Waals surface area contributed by atoms with Gasteiger partial charge in [-0.1, -0.05) is 11.3 Å². The Hall–Kier alpha value is -4.65. The number of aromatic nitrogens is 6. The van der Waals surface area contributed by atoms with E-state index < -0.39 is 42.6 Å². The number of aromatic amines is 1. The van der Waals surface area contributed by atoms with Gasteiger partial charge in [0.25, 0.3) is 5.92 Å². The van der Waals surface area contributed by atoms with E-state index in [9.17, 15) is 22.4 Å². The third-order valence-corrected chi connectivity index (χ3v) is 8.24. The third kappa shape index (κ3) is 5.13. The minimum atomic E-state index is -2.91. The predicted octanol–water partition coefficient (Wildman–Crippen LogP) is 4.71. The van der Waals surface area contributed by atoms with Crippen LogP contribution in [0.5, 0.6) is 0 Å². The highest BCUT2D eigenvalue weighted by Crippen LogP contribution is 2.35. The Bertz CT molecular complexity index is 1780. The fraction of sp³-hybridized carbons (Fsp3) is 0.300. The normalized spacial score (nSPS) is 20.3. The molecule has 13 heteroatoms. The van der Waals surface area contributed by atoms with Gasteiger partial charge in [-0.05, 0) is 55.3 Å². The highest BCUT2D eigenvalue weighted by Gasteiger charge is 2.49. The summed E-state index contributed by atoms with van der Waals surface area (Å²) in [6.07, 6.45) is 6.06. The standard InChI is InChI=1S/C30H26F4N8O/c31-23-2-1-3-24(32)22(23)14-40-13-19(4-7-27(40)29(43)41-16-30(33,34)17-41)26-15-42(39-37-26)20-5-6-25-21(12-20)28(38-36-25)18-8-10-35-11-9-18/h1-3,5-6,8-12,15,19,27H,4,7,13-14,16-17H2,(H,36,38)/t19-,27+/m1/s1. The van der Waals surface area contributed by atoms with E-state index in [-0.39, 0.29) is 24.6 Å². The average molecular weight is 591 g/mol. The van der Waals surface area contributed by atoms with E-state index in [1.165, 1.54) is 6.07 Å². The van der Waals surface area contributed by atoms with Crippen LogP contribution in [0.3, 0.4) is 0 Å². The molecule has 2 aliphatic rings. The van der Waals surface area contributed by atoms with E-state index in [2.05, 4.69) is 25.5 Å². The van der Waals surface area contributed by atoms with Crippen LogP contribution in [0, 0.1) is 11.6 Å². The molecular weight excluding hydrogens is 564 g/mol. The zero-order valence-corrected chi connectivity index (χ0v) is 22.8. The summed E-state index contributed by atoms with van der Waals surface area (Å²) in [4.78, 5) is 20.1. The topological polar surface area (TPSA) is 95.8 Å². The lowest BCUT2D eigenvalue weighted by molar-refractivity contribution is -0.172. The molecule has 0 spiro atoms. The van der Waals surface area contributed by atoms with Crippen molar-refractivity contribution in [2.45, 2.75) is 37.3 Å². The first-order valence-electron chi connectivity index (χ1n) is 13.9. The van der Waals surface area contributed by atoms with Crippen LogP contribution in [0.4, 0.5) is 17.6 Å². The number of likely N-dealkylation sites (tertiary alicyclic amines) is 2. The molecule has 5 aromatic rings. The Labute approximate surface area is 243 Å². The maximum Gasteiger partial charge on any atom is 0.282 e. The van der Waals surface area contributed by atoms with Gasteiger partial charge in [-0.15, -0.1) is 5.10 Å². The van der Waals surface area contributed by atoms with Gasteiger partial charge in [-0.3, -0.25) is 19.8 Å². The summed E-state index contributed by atoms with van der Waals surface area (Å²) in [5.74, 6) is -5.02. The van der Waals surface area contributed by atoms with Crippen molar-refractivity contribution in [1.82, 2.24) is 40.0 Å². The van der Waals surface area contributed by atoms with Crippen molar-refractivity contribution in [2.75, 3.05) is 19.6 Å². The van der Waals surface area contributed by atoms with Gasteiger partial charge in [0.15, 0.2) is 0 Å². The first kappa shape index (κ1) is 27.2. The molecule has 2 aromatic carbocycles. The Kier molecular flexibility index (Phi) is 6.68. The molecule has 9 nitrogen and oxygen atoms in total.